The Balaban J connectivity index is 1.52. The molecule has 0 spiro atoms. The molecule has 4 aliphatic carbocycles. The van der Waals surface area contributed by atoms with Crippen molar-refractivity contribution in [3.05, 3.63) is 24.0 Å². The summed E-state index contributed by atoms with van der Waals surface area (Å²) in [5, 5.41) is 4.09. The van der Waals surface area contributed by atoms with E-state index < -0.39 is 0 Å². The molecule has 1 N–H and O–H groups in total. The molecule has 4 fully saturated rings. The van der Waals surface area contributed by atoms with Gasteiger partial charge < -0.3 is 9.88 Å². The summed E-state index contributed by atoms with van der Waals surface area (Å²) < 4.78 is 2.48. The Kier molecular flexibility index (Phi) is 4.25. The lowest BCUT2D eigenvalue weighted by Gasteiger charge is -2.57. The number of imidazole rings is 1. The monoisotopic (exact) mass is 365 g/mol. The topological polar surface area (TPSA) is 29.9 Å². The van der Waals surface area contributed by atoms with E-state index in [0.29, 0.717) is 11.5 Å². The Morgan fingerprint density at radius 1 is 1.11 bits per heavy atom. The zero-order chi connectivity index (χ0) is 18.6. The van der Waals surface area contributed by atoms with Gasteiger partial charge in [-0.15, -0.1) is 0 Å². The van der Waals surface area contributed by atoms with E-state index in [0.717, 1.165) is 24.3 Å². The molecule has 1 aromatic carbocycles. The number of aromatic nitrogens is 2. The molecule has 0 aliphatic heterocycles. The highest BCUT2D eigenvalue weighted by Crippen LogP contribution is 2.56. The molecule has 1 aromatic heterocycles. The van der Waals surface area contributed by atoms with Gasteiger partial charge in [0.05, 0.1) is 11.2 Å². The minimum absolute atomic E-state index is 0.341. The van der Waals surface area contributed by atoms with Crippen LogP contribution in [0, 0.1) is 17.8 Å². The standard InChI is InChI=1S/C24H35N3/c1-4-5-9-27-21-8-6-7-20(22(21)25-23(27)16(2)3)26-24-13-17-10-18(14-24)12-19(11-17)15-24/h6-8,16-19,26H,4-5,9-15H2,1-3H3. The first kappa shape index (κ1) is 17.6. The molecule has 6 rings (SSSR count). The summed E-state index contributed by atoms with van der Waals surface area (Å²) in [7, 11) is 0. The summed E-state index contributed by atoms with van der Waals surface area (Å²) in [5.74, 6) is 4.61. The molecule has 27 heavy (non-hydrogen) atoms. The molecule has 3 nitrogen and oxygen atoms in total. The van der Waals surface area contributed by atoms with Crippen LogP contribution in [0.4, 0.5) is 5.69 Å². The average Bonchev–Trinajstić information content (AvgIpc) is 2.98. The third-order valence-electron chi connectivity index (χ3n) is 7.50. The van der Waals surface area contributed by atoms with E-state index in [2.05, 4.69) is 48.9 Å². The van der Waals surface area contributed by atoms with Gasteiger partial charge in [0, 0.05) is 18.0 Å². The molecule has 0 unspecified atom stereocenters. The van der Waals surface area contributed by atoms with Gasteiger partial charge in [-0.2, -0.15) is 0 Å². The second-order valence-electron chi connectivity index (χ2n) is 10.1. The van der Waals surface area contributed by atoms with Crippen LogP contribution in [0.1, 0.15) is 83.9 Å². The predicted molar refractivity (Wildman–Crippen MR) is 113 cm³/mol. The Morgan fingerprint density at radius 2 is 1.78 bits per heavy atom. The molecular weight excluding hydrogens is 330 g/mol. The largest absolute Gasteiger partial charge is 0.378 e. The van der Waals surface area contributed by atoms with E-state index >= 15 is 0 Å². The molecule has 0 atom stereocenters. The van der Waals surface area contributed by atoms with Crippen molar-refractivity contribution in [1.29, 1.82) is 0 Å². The van der Waals surface area contributed by atoms with Crippen LogP contribution in [0.3, 0.4) is 0 Å². The van der Waals surface area contributed by atoms with Crippen molar-refractivity contribution in [2.75, 3.05) is 5.32 Å². The smallest absolute Gasteiger partial charge is 0.112 e. The molecule has 4 aliphatic rings. The maximum atomic E-state index is 5.16. The number of nitrogens with one attached hydrogen (secondary N) is 1. The van der Waals surface area contributed by atoms with E-state index in [1.807, 2.05) is 0 Å². The number of anilines is 1. The number of nitrogens with zero attached hydrogens (tertiary/aromatic N) is 2. The molecule has 4 saturated carbocycles. The fraction of sp³-hybridized carbons (Fsp3) is 0.708. The number of unbranched alkanes of at least 4 members (excludes halogenated alkanes) is 1. The van der Waals surface area contributed by atoms with Crippen LogP contribution in [0.25, 0.3) is 11.0 Å². The summed E-state index contributed by atoms with van der Waals surface area (Å²) in [6.07, 6.45) is 11.1. The first-order valence-corrected chi connectivity index (χ1v) is 11.3. The summed E-state index contributed by atoms with van der Waals surface area (Å²) in [5.41, 5.74) is 4.15. The molecule has 0 saturated heterocycles. The molecule has 1 heterocycles. The Labute approximate surface area is 163 Å². The Morgan fingerprint density at radius 3 is 2.37 bits per heavy atom. The van der Waals surface area contributed by atoms with Gasteiger partial charge in [0.1, 0.15) is 11.3 Å². The average molecular weight is 366 g/mol. The molecule has 3 heteroatoms. The van der Waals surface area contributed by atoms with E-state index in [1.165, 1.54) is 73.9 Å². The quantitative estimate of drug-likeness (QED) is 0.647. The maximum Gasteiger partial charge on any atom is 0.112 e. The van der Waals surface area contributed by atoms with Gasteiger partial charge in [0.25, 0.3) is 0 Å². The van der Waals surface area contributed by atoms with Gasteiger partial charge in [-0.05, 0) is 74.8 Å². The fourth-order valence-corrected chi connectivity index (χ4v) is 6.81. The van der Waals surface area contributed by atoms with Crippen LogP contribution >= 0.6 is 0 Å². The summed E-state index contributed by atoms with van der Waals surface area (Å²) in [4.78, 5) is 5.16. The second kappa shape index (κ2) is 6.53. The van der Waals surface area contributed by atoms with Crippen LogP contribution in [0.2, 0.25) is 0 Å². The first-order chi connectivity index (χ1) is 13.1. The van der Waals surface area contributed by atoms with Crippen molar-refractivity contribution in [3.63, 3.8) is 0 Å². The van der Waals surface area contributed by atoms with Gasteiger partial charge in [-0.3, -0.25) is 0 Å². The highest BCUT2D eigenvalue weighted by Gasteiger charge is 2.51. The number of hydrogen-bond donors (Lipinski definition) is 1. The van der Waals surface area contributed by atoms with Gasteiger partial charge in [0.2, 0.25) is 0 Å². The summed E-state index contributed by atoms with van der Waals surface area (Å²) in [6.45, 7) is 7.90. The molecule has 146 valence electrons. The summed E-state index contributed by atoms with van der Waals surface area (Å²) in [6, 6.07) is 6.79. The van der Waals surface area contributed by atoms with Gasteiger partial charge in [-0.25, -0.2) is 4.98 Å². The predicted octanol–water partition coefficient (Wildman–Crippen LogP) is 6.34. The normalized spacial score (nSPS) is 31.9. The van der Waals surface area contributed by atoms with E-state index in [9.17, 15) is 0 Å². The zero-order valence-electron chi connectivity index (χ0n) is 17.3. The molecule has 2 aromatic rings. The zero-order valence-corrected chi connectivity index (χ0v) is 17.3. The lowest BCUT2D eigenvalue weighted by atomic mass is 9.53. The Hall–Kier alpha value is -1.51. The van der Waals surface area contributed by atoms with Crippen molar-refractivity contribution in [1.82, 2.24) is 9.55 Å². The molecular formula is C24H35N3. The number of hydrogen-bond acceptors (Lipinski definition) is 2. The summed E-state index contributed by atoms with van der Waals surface area (Å²) >= 11 is 0. The first-order valence-electron chi connectivity index (χ1n) is 11.3. The van der Waals surface area contributed by atoms with Crippen molar-refractivity contribution in [2.24, 2.45) is 17.8 Å². The van der Waals surface area contributed by atoms with Crippen LogP contribution < -0.4 is 5.32 Å². The second-order valence-corrected chi connectivity index (χ2v) is 10.1. The van der Waals surface area contributed by atoms with Crippen LogP contribution in [-0.2, 0) is 6.54 Å². The molecule has 0 radical (unpaired) electrons. The fourth-order valence-electron chi connectivity index (χ4n) is 6.81. The minimum atomic E-state index is 0.341. The maximum absolute atomic E-state index is 5.16. The van der Waals surface area contributed by atoms with E-state index in [4.69, 9.17) is 4.98 Å². The lowest BCUT2D eigenvalue weighted by molar-refractivity contribution is 0.0108. The SMILES string of the molecule is CCCCn1c(C(C)C)nc2c(NC34CC5CC(CC(C5)C3)C4)cccc21. The lowest BCUT2D eigenvalue weighted by Crippen LogP contribution is -2.54. The Bertz CT molecular complexity index is 796. The van der Waals surface area contributed by atoms with Gasteiger partial charge in [0.15, 0.2) is 0 Å². The van der Waals surface area contributed by atoms with E-state index in [1.54, 1.807) is 0 Å². The van der Waals surface area contributed by atoms with Gasteiger partial charge in [-0.1, -0.05) is 33.3 Å². The minimum Gasteiger partial charge on any atom is -0.378 e. The third-order valence-corrected chi connectivity index (χ3v) is 7.50. The number of fused-ring (bicyclic) bond motifs is 1. The number of benzene rings is 1. The van der Waals surface area contributed by atoms with Crippen molar-refractivity contribution in [3.8, 4) is 0 Å². The number of para-hydroxylation sites is 1. The van der Waals surface area contributed by atoms with Crippen molar-refractivity contribution >= 4 is 16.7 Å². The van der Waals surface area contributed by atoms with E-state index in [-0.39, 0.29) is 0 Å². The number of aryl methyl sites for hydroxylation is 1. The molecule has 0 amide bonds. The highest BCUT2D eigenvalue weighted by atomic mass is 15.1. The highest BCUT2D eigenvalue weighted by molar-refractivity contribution is 5.89. The third kappa shape index (κ3) is 2.98. The van der Waals surface area contributed by atoms with Crippen molar-refractivity contribution < 1.29 is 0 Å². The van der Waals surface area contributed by atoms with Gasteiger partial charge >= 0.3 is 0 Å². The van der Waals surface area contributed by atoms with Crippen LogP contribution in [-0.4, -0.2) is 15.1 Å². The van der Waals surface area contributed by atoms with Crippen LogP contribution in [0.5, 0.6) is 0 Å². The number of rotatable bonds is 6. The molecule has 4 bridgehead atoms. The van der Waals surface area contributed by atoms with Crippen LogP contribution in [0.15, 0.2) is 18.2 Å². The van der Waals surface area contributed by atoms with Crippen molar-refractivity contribution in [2.45, 2.75) is 90.1 Å².